The largest absolute Gasteiger partial charge is 0.434 e. The standard InChI is InChI=1S/C17H17F2NO/c18-17(19)21-16-8-4-2-6-13(16)10-20-11-14-9-12-5-1-3-7-15(12)14/h1-8,14,17,20H,9-11H2. The third kappa shape index (κ3) is 3.22. The highest BCUT2D eigenvalue weighted by atomic mass is 19.3. The van der Waals surface area contributed by atoms with E-state index < -0.39 is 6.61 Å². The van der Waals surface area contributed by atoms with Crippen molar-refractivity contribution in [2.45, 2.75) is 25.5 Å². The molecule has 2 aromatic carbocycles. The van der Waals surface area contributed by atoms with Gasteiger partial charge in [0.05, 0.1) is 0 Å². The number of para-hydroxylation sites is 1. The van der Waals surface area contributed by atoms with Crippen LogP contribution in [0.4, 0.5) is 8.78 Å². The average Bonchev–Trinajstić information content (AvgIpc) is 2.45. The summed E-state index contributed by atoms with van der Waals surface area (Å²) in [6.45, 7) is -1.41. The maximum Gasteiger partial charge on any atom is 0.387 e. The molecule has 0 fully saturated rings. The van der Waals surface area contributed by atoms with Crippen molar-refractivity contribution in [2.75, 3.05) is 6.54 Å². The van der Waals surface area contributed by atoms with Crippen molar-refractivity contribution in [1.82, 2.24) is 5.32 Å². The Hall–Kier alpha value is -1.94. The predicted molar refractivity (Wildman–Crippen MR) is 77.7 cm³/mol. The van der Waals surface area contributed by atoms with Gasteiger partial charge in [0.25, 0.3) is 0 Å². The van der Waals surface area contributed by atoms with Gasteiger partial charge in [-0.1, -0.05) is 42.5 Å². The van der Waals surface area contributed by atoms with Gasteiger partial charge in [0.15, 0.2) is 0 Å². The average molecular weight is 289 g/mol. The lowest BCUT2D eigenvalue weighted by atomic mass is 9.77. The summed E-state index contributed by atoms with van der Waals surface area (Å²) in [7, 11) is 0. The molecular weight excluding hydrogens is 272 g/mol. The predicted octanol–water partition coefficient (Wildman–Crippen LogP) is 3.72. The fourth-order valence-corrected chi connectivity index (χ4v) is 2.79. The minimum atomic E-state index is -2.79. The molecule has 2 aromatic rings. The molecule has 4 heteroatoms. The molecular formula is C17H17F2NO. The molecule has 0 heterocycles. The Labute approximate surface area is 122 Å². The van der Waals surface area contributed by atoms with Gasteiger partial charge in [0.2, 0.25) is 0 Å². The molecule has 0 spiro atoms. The highest BCUT2D eigenvalue weighted by molar-refractivity contribution is 5.40. The lowest BCUT2D eigenvalue weighted by Crippen LogP contribution is -2.29. The number of hydrogen-bond donors (Lipinski definition) is 1. The fourth-order valence-electron chi connectivity index (χ4n) is 2.79. The molecule has 0 bridgehead atoms. The first-order chi connectivity index (χ1) is 10.2. The molecule has 1 unspecified atom stereocenters. The molecule has 0 aromatic heterocycles. The van der Waals surface area contributed by atoms with E-state index in [1.165, 1.54) is 11.1 Å². The topological polar surface area (TPSA) is 21.3 Å². The molecule has 0 saturated heterocycles. The van der Waals surface area contributed by atoms with Crippen molar-refractivity contribution in [2.24, 2.45) is 0 Å². The molecule has 1 aliphatic rings. The molecule has 0 radical (unpaired) electrons. The first-order valence-corrected chi connectivity index (χ1v) is 7.05. The summed E-state index contributed by atoms with van der Waals surface area (Å²) in [5.41, 5.74) is 3.55. The van der Waals surface area contributed by atoms with Crippen molar-refractivity contribution >= 4 is 0 Å². The zero-order valence-corrected chi connectivity index (χ0v) is 11.6. The summed E-state index contributed by atoms with van der Waals surface area (Å²) in [4.78, 5) is 0. The lowest BCUT2D eigenvalue weighted by molar-refractivity contribution is -0.0504. The number of hydrogen-bond acceptors (Lipinski definition) is 2. The Morgan fingerprint density at radius 3 is 2.67 bits per heavy atom. The van der Waals surface area contributed by atoms with Gasteiger partial charge >= 0.3 is 6.61 Å². The molecule has 0 saturated carbocycles. The van der Waals surface area contributed by atoms with Gasteiger partial charge in [0.1, 0.15) is 5.75 Å². The maximum absolute atomic E-state index is 12.3. The van der Waals surface area contributed by atoms with Crippen LogP contribution in [0.1, 0.15) is 22.6 Å². The number of fused-ring (bicyclic) bond motifs is 1. The highest BCUT2D eigenvalue weighted by Crippen LogP contribution is 2.34. The quantitative estimate of drug-likeness (QED) is 0.875. The van der Waals surface area contributed by atoms with Gasteiger partial charge in [-0.15, -0.1) is 0 Å². The van der Waals surface area contributed by atoms with Gasteiger partial charge in [-0.3, -0.25) is 0 Å². The van der Waals surface area contributed by atoms with Crippen LogP contribution in [0.3, 0.4) is 0 Å². The summed E-state index contributed by atoms with van der Waals surface area (Å²) < 4.78 is 29.2. The fraction of sp³-hybridized carbons (Fsp3) is 0.294. The van der Waals surface area contributed by atoms with Crippen LogP contribution < -0.4 is 10.1 Å². The van der Waals surface area contributed by atoms with Crippen LogP contribution in [0.2, 0.25) is 0 Å². The second kappa shape index (κ2) is 6.22. The molecule has 21 heavy (non-hydrogen) atoms. The van der Waals surface area contributed by atoms with Crippen molar-refractivity contribution in [3.63, 3.8) is 0 Å². The number of ether oxygens (including phenoxy) is 1. The summed E-state index contributed by atoms with van der Waals surface area (Å²) in [6, 6.07) is 15.3. The monoisotopic (exact) mass is 289 g/mol. The number of nitrogens with one attached hydrogen (secondary N) is 1. The van der Waals surface area contributed by atoms with Crippen molar-refractivity contribution in [3.8, 4) is 5.75 Å². The third-order valence-corrected chi connectivity index (χ3v) is 3.86. The van der Waals surface area contributed by atoms with E-state index in [1.54, 1.807) is 18.2 Å². The van der Waals surface area contributed by atoms with Crippen molar-refractivity contribution in [1.29, 1.82) is 0 Å². The van der Waals surface area contributed by atoms with Gasteiger partial charge < -0.3 is 10.1 Å². The third-order valence-electron chi connectivity index (χ3n) is 3.86. The smallest absolute Gasteiger partial charge is 0.387 e. The zero-order valence-electron chi connectivity index (χ0n) is 11.6. The van der Waals surface area contributed by atoms with Crippen molar-refractivity contribution < 1.29 is 13.5 Å². The Kier molecular flexibility index (Phi) is 4.15. The van der Waals surface area contributed by atoms with Crippen LogP contribution >= 0.6 is 0 Å². The molecule has 0 aliphatic heterocycles. The number of alkyl halides is 2. The Morgan fingerprint density at radius 2 is 1.86 bits per heavy atom. The number of benzene rings is 2. The second-order valence-corrected chi connectivity index (χ2v) is 5.22. The number of halogens is 2. The van der Waals surface area contributed by atoms with E-state index in [4.69, 9.17) is 0 Å². The van der Waals surface area contributed by atoms with E-state index in [0.717, 1.165) is 18.5 Å². The van der Waals surface area contributed by atoms with Crippen LogP contribution in [-0.4, -0.2) is 13.2 Å². The zero-order chi connectivity index (χ0) is 14.7. The van der Waals surface area contributed by atoms with Crippen molar-refractivity contribution in [3.05, 3.63) is 65.2 Å². The van der Waals surface area contributed by atoms with E-state index in [2.05, 4.69) is 34.3 Å². The lowest BCUT2D eigenvalue weighted by Gasteiger charge is -2.30. The SMILES string of the molecule is FC(F)Oc1ccccc1CNCC1Cc2ccccc21. The van der Waals surface area contributed by atoms with E-state index in [0.29, 0.717) is 12.5 Å². The van der Waals surface area contributed by atoms with Gasteiger partial charge in [-0.2, -0.15) is 8.78 Å². The Balaban J connectivity index is 1.55. The van der Waals surface area contributed by atoms with Gasteiger partial charge in [-0.25, -0.2) is 0 Å². The first-order valence-electron chi connectivity index (χ1n) is 7.05. The molecule has 110 valence electrons. The van der Waals surface area contributed by atoms with Crippen LogP contribution in [0.5, 0.6) is 5.75 Å². The van der Waals surface area contributed by atoms with E-state index >= 15 is 0 Å². The molecule has 1 N–H and O–H groups in total. The Bertz CT molecular complexity index is 615. The minimum absolute atomic E-state index is 0.244. The normalized spacial score (nSPS) is 16.4. The molecule has 1 atom stereocenters. The highest BCUT2D eigenvalue weighted by Gasteiger charge is 2.24. The van der Waals surface area contributed by atoms with E-state index in [-0.39, 0.29) is 5.75 Å². The summed E-state index contributed by atoms with van der Waals surface area (Å²) >= 11 is 0. The van der Waals surface area contributed by atoms with Crippen LogP contribution in [0, 0.1) is 0 Å². The molecule has 1 aliphatic carbocycles. The van der Waals surface area contributed by atoms with Gasteiger partial charge in [0, 0.05) is 24.6 Å². The molecule has 2 nitrogen and oxygen atoms in total. The summed E-state index contributed by atoms with van der Waals surface area (Å²) in [5, 5.41) is 3.33. The summed E-state index contributed by atoms with van der Waals surface area (Å²) in [6.07, 6.45) is 1.08. The number of rotatable bonds is 6. The van der Waals surface area contributed by atoms with Gasteiger partial charge in [-0.05, 0) is 23.6 Å². The second-order valence-electron chi connectivity index (χ2n) is 5.22. The van der Waals surface area contributed by atoms with E-state index in [9.17, 15) is 8.78 Å². The molecule has 3 rings (SSSR count). The summed E-state index contributed by atoms with van der Waals surface area (Å²) in [5.74, 6) is 0.762. The van der Waals surface area contributed by atoms with Crippen LogP contribution in [0.25, 0.3) is 0 Å². The minimum Gasteiger partial charge on any atom is -0.434 e. The van der Waals surface area contributed by atoms with Crippen LogP contribution in [0.15, 0.2) is 48.5 Å². The maximum atomic E-state index is 12.3. The molecule has 0 amide bonds. The van der Waals surface area contributed by atoms with Crippen LogP contribution in [-0.2, 0) is 13.0 Å². The Morgan fingerprint density at radius 1 is 1.10 bits per heavy atom. The first kappa shape index (κ1) is 14.0. The van der Waals surface area contributed by atoms with E-state index in [1.807, 2.05) is 6.07 Å².